The van der Waals surface area contributed by atoms with Gasteiger partial charge in [0.1, 0.15) is 0 Å². The largest absolute Gasteiger partial charge is 0.374 e. The van der Waals surface area contributed by atoms with Crippen molar-refractivity contribution in [3.8, 4) is 0 Å². The molecule has 5 heteroatoms. The van der Waals surface area contributed by atoms with Crippen molar-refractivity contribution in [2.75, 3.05) is 19.7 Å². The van der Waals surface area contributed by atoms with Gasteiger partial charge in [0.2, 0.25) is 0 Å². The van der Waals surface area contributed by atoms with Crippen LogP contribution in [-0.4, -0.2) is 45.5 Å². The summed E-state index contributed by atoms with van der Waals surface area (Å²) < 4.78 is 7.94. The van der Waals surface area contributed by atoms with Crippen LogP contribution in [0.3, 0.4) is 0 Å². The Labute approximate surface area is 125 Å². The van der Waals surface area contributed by atoms with Crippen LogP contribution >= 0.6 is 0 Å². The molecule has 0 spiro atoms. The maximum atomic E-state index is 5.89. The quantitative estimate of drug-likeness (QED) is 0.859. The van der Waals surface area contributed by atoms with Gasteiger partial charge in [0.25, 0.3) is 0 Å². The second-order valence-corrected chi connectivity index (χ2v) is 5.66. The third kappa shape index (κ3) is 3.68. The first-order valence-electron chi connectivity index (χ1n) is 7.45. The molecule has 0 amide bonds. The lowest BCUT2D eigenvalue weighted by Gasteiger charge is -2.32. The van der Waals surface area contributed by atoms with Crippen LogP contribution in [0.15, 0.2) is 30.5 Å². The smallest absolute Gasteiger partial charge is 0.0898 e. The Kier molecular flexibility index (Phi) is 4.31. The first-order chi connectivity index (χ1) is 10.2. The first kappa shape index (κ1) is 14.2. The van der Waals surface area contributed by atoms with E-state index in [1.807, 2.05) is 29.9 Å². The Morgan fingerprint density at radius 1 is 1.33 bits per heavy atom. The van der Waals surface area contributed by atoms with Crippen LogP contribution in [0.1, 0.15) is 17.1 Å². The Balaban J connectivity index is 1.59. The topological polar surface area (TPSA) is 43.2 Å². The predicted molar refractivity (Wildman–Crippen MR) is 81.0 cm³/mol. The van der Waals surface area contributed by atoms with Crippen molar-refractivity contribution in [3.05, 3.63) is 47.5 Å². The molecule has 1 aliphatic heterocycles. The summed E-state index contributed by atoms with van der Waals surface area (Å²) >= 11 is 0. The van der Waals surface area contributed by atoms with Crippen LogP contribution in [-0.2, 0) is 17.8 Å². The van der Waals surface area contributed by atoms with E-state index in [-0.39, 0.29) is 6.10 Å². The van der Waals surface area contributed by atoms with Crippen molar-refractivity contribution in [1.82, 2.24) is 19.7 Å². The zero-order chi connectivity index (χ0) is 14.7. The fourth-order valence-corrected chi connectivity index (χ4v) is 2.81. The molecule has 3 rings (SSSR count). The summed E-state index contributed by atoms with van der Waals surface area (Å²) in [5.74, 6) is 0. The third-order valence-corrected chi connectivity index (χ3v) is 3.81. The van der Waals surface area contributed by atoms with Crippen LogP contribution in [0.25, 0.3) is 0 Å². The van der Waals surface area contributed by atoms with Gasteiger partial charge in [-0.25, -0.2) is 0 Å². The molecule has 21 heavy (non-hydrogen) atoms. The van der Waals surface area contributed by atoms with Gasteiger partial charge < -0.3 is 4.74 Å². The van der Waals surface area contributed by atoms with Gasteiger partial charge in [-0.1, -0.05) is 6.07 Å². The molecule has 0 unspecified atom stereocenters. The van der Waals surface area contributed by atoms with E-state index >= 15 is 0 Å². The molecule has 0 aromatic carbocycles. The molecule has 112 valence electrons. The third-order valence-electron chi connectivity index (χ3n) is 3.81. The van der Waals surface area contributed by atoms with Gasteiger partial charge in [0, 0.05) is 31.5 Å². The number of pyridine rings is 1. The lowest BCUT2D eigenvalue weighted by Crippen LogP contribution is -2.44. The van der Waals surface area contributed by atoms with E-state index in [0.717, 1.165) is 44.2 Å². The van der Waals surface area contributed by atoms with Crippen molar-refractivity contribution < 1.29 is 4.74 Å². The first-order valence-corrected chi connectivity index (χ1v) is 7.45. The minimum absolute atomic E-state index is 0.195. The van der Waals surface area contributed by atoms with Gasteiger partial charge in [-0.2, -0.15) is 5.10 Å². The maximum Gasteiger partial charge on any atom is 0.0898 e. The SMILES string of the molecule is Cc1cc(C)n(C[C@@H]2CN(Cc3ccccn3)CCO2)n1. The number of hydrogen-bond donors (Lipinski definition) is 0. The number of rotatable bonds is 4. The molecule has 0 saturated carbocycles. The van der Waals surface area contributed by atoms with E-state index in [9.17, 15) is 0 Å². The van der Waals surface area contributed by atoms with Gasteiger partial charge in [-0.3, -0.25) is 14.6 Å². The standard InChI is InChI=1S/C16H22N4O/c1-13-9-14(2)20(18-13)12-16-11-19(7-8-21-16)10-15-5-3-4-6-17-15/h3-6,9,16H,7-8,10-12H2,1-2H3/t16-/m0/s1. The predicted octanol–water partition coefficient (Wildman–Crippen LogP) is 1.80. The van der Waals surface area contributed by atoms with Crippen molar-refractivity contribution in [2.45, 2.75) is 33.0 Å². The molecular weight excluding hydrogens is 264 g/mol. The highest BCUT2D eigenvalue weighted by atomic mass is 16.5. The van der Waals surface area contributed by atoms with E-state index in [2.05, 4.69) is 34.0 Å². The number of ether oxygens (including phenoxy) is 1. The number of aryl methyl sites for hydroxylation is 2. The molecule has 1 saturated heterocycles. The fourth-order valence-electron chi connectivity index (χ4n) is 2.81. The van der Waals surface area contributed by atoms with E-state index in [1.54, 1.807) is 0 Å². The molecule has 1 aliphatic rings. The Morgan fingerprint density at radius 3 is 2.95 bits per heavy atom. The number of hydrogen-bond acceptors (Lipinski definition) is 4. The minimum atomic E-state index is 0.195. The Morgan fingerprint density at radius 2 is 2.24 bits per heavy atom. The van der Waals surface area contributed by atoms with Gasteiger partial charge in [-0.05, 0) is 32.0 Å². The zero-order valence-corrected chi connectivity index (χ0v) is 12.7. The van der Waals surface area contributed by atoms with Gasteiger partial charge >= 0.3 is 0 Å². The highest BCUT2D eigenvalue weighted by molar-refractivity contribution is 5.07. The molecule has 0 radical (unpaired) electrons. The molecule has 0 bridgehead atoms. The highest BCUT2D eigenvalue weighted by Gasteiger charge is 2.22. The fraction of sp³-hybridized carbons (Fsp3) is 0.500. The van der Waals surface area contributed by atoms with Gasteiger partial charge in [0.15, 0.2) is 0 Å². The van der Waals surface area contributed by atoms with Crippen LogP contribution in [0, 0.1) is 13.8 Å². The molecular formula is C16H22N4O. The summed E-state index contributed by atoms with van der Waals surface area (Å²) in [7, 11) is 0. The lowest BCUT2D eigenvalue weighted by atomic mass is 10.2. The van der Waals surface area contributed by atoms with Crippen LogP contribution in [0.4, 0.5) is 0 Å². The second kappa shape index (κ2) is 6.37. The zero-order valence-electron chi connectivity index (χ0n) is 12.7. The summed E-state index contributed by atoms with van der Waals surface area (Å²) in [5.41, 5.74) is 3.37. The highest BCUT2D eigenvalue weighted by Crippen LogP contribution is 2.12. The summed E-state index contributed by atoms with van der Waals surface area (Å²) in [5, 5.41) is 4.52. The summed E-state index contributed by atoms with van der Waals surface area (Å²) in [6.07, 6.45) is 2.05. The number of aromatic nitrogens is 3. The van der Waals surface area contributed by atoms with E-state index in [1.165, 1.54) is 5.69 Å². The Hall–Kier alpha value is -1.72. The number of morpholine rings is 1. The summed E-state index contributed by atoms with van der Waals surface area (Å²) in [4.78, 5) is 6.80. The molecule has 2 aromatic heterocycles. The summed E-state index contributed by atoms with van der Waals surface area (Å²) in [6, 6.07) is 8.17. The van der Waals surface area contributed by atoms with E-state index < -0.39 is 0 Å². The van der Waals surface area contributed by atoms with Crippen molar-refractivity contribution >= 4 is 0 Å². The van der Waals surface area contributed by atoms with Crippen molar-refractivity contribution in [1.29, 1.82) is 0 Å². The molecule has 1 atom stereocenters. The Bertz CT molecular complexity index is 581. The molecule has 0 aliphatic carbocycles. The van der Waals surface area contributed by atoms with Crippen LogP contribution in [0.2, 0.25) is 0 Å². The monoisotopic (exact) mass is 286 g/mol. The normalized spacial score (nSPS) is 19.8. The summed E-state index contributed by atoms with van der Waals surface area (Å²) in [6.45, 7) is 8.49. The van der Waals surface area contributed by atoms with Crippen LogP contribution < -0.4 is 0 Å². The van der Waals surface area contributed by atoms with Crippen molar-refractivity contribution in [3.63, 3.8) is 0 Å². The van der Waals surface area contributed by atoms with E-state index in [4.69, 9.17) is 4.74 Å². The molecule has 2 aromatic rings. The average Bonchev–Trinajstić information content (AvgIpc) is 2.78. The average molecular weight is 286 g/mol. The molecule has 1 fully saturated rings. The molecule has 3 heterocycles. The lowest BCUT2D eigenvalue weighted by molar-refractivity contribution is -0.0408. The van der Waals surface area contributed by atoms with Gasteiger partial charge in [-0.15, -0.1) is 0 Å². The van der Waals surface area contributed by atoms with Crippen LogP contribution in [0.5, 0.6) is 0 Å². The molecule has 0 N–H and O–H groups in total. The van der Waals surface area contributed by atoms with Crippen molar-refractivity contribution in [2.24, 2.45) is 0 Å². The second-order valence-electron chi connectivity index (χ2n) is 5.66. The maximum absolute atomic E-state index is 5.89. The van der Waals surface area contributed by atoms with E-state index in [0.29, 0.717) is 0 Å². The minimum Gasteiger partial charge on any atom is -0.374 e. The number of nitrogens with zero attached hydrogens (tertiary/aromatic N) is 4. The van der Waals surface area contributed by atoms with Gasteiger partial charge in [0.05, 0.1) is 30.6 Å². The molecule has 5 nitrogen and oxygen atoms in total.